The maximum Gasteiger partial charge on any atom is 0.267 e. The normalized spacial score (nSPS) is 14.2. The molecule has 0 saturated heterocycles. The molecule has 1 aliphatic rings. The summed E-state index contributed by atoms with van der Waals surface area (Å²) in [6.07, 6.45) is 1.93. The fourth-order valence-corrected chi connectivity index (χ4v) is 2.83. The first-order valence-electron chi connectivity index (χ1n) is 7.75. The molecule has 0 unspecified atom stereocenters. The molecule has 2 aromatic carbocycles. The summed E-state index contributed by atoms with van der Waals surface area (Å²) in [5.41, 5.74) is 8.67. The van der Waals surface area contributed by atoms with E-state index in [-0.39, 0.29) is 18.3 Å². The van der Waals surface area contributed by atoms with Gasteiger partial charge in [-0.05, 0) is 48.7 Å². The van der Waals surface area contributed by atoms with Crippen LogP contribution in [0.5, 0.6) is 0 Å². The van der Waals surface area contributed by atoms with Crippen LogP contribution in [0, 0.1) is 0 Å². The van der Waals surface area contributed by atoms with Gasteiger partial charge in [0.1, 0.15) is 0 Å². The first-order chi connectivity index (χ1) is 11.6. The van der Waals surface area contributed by atoms with Crippen molar-refractivity contribution in [3.8, 4) is 0 Å². The highest BCUT2D eigenvalue weighted by Gasteiger charge is 2.22. The first-order valence-corrected chi connectivity index (χ1v) is 8.12. The number of amidine groups is 1. The molecule has 2 aromatic rings. The fourth-order valence-electron chi connectivity index (χ4n) is 2.70. The van der Waals surface area contributed by atoms with Gasteiger partial charge in [0, 0.05) is 22.8 Å². The Morgan fingerprint density at radius 3 is 2.75 bits per heavy atom. The first kappa shape index (κ1) is 16.3. The summed E-state index contributed by atoms with van der Waals surface area (Å²) in [4.78, 5) is 19.3. The lowest BCUT2D eigenvalue weighted by molar-refractivity contribution is -0.123. The van der Waals surface area contributed by atoms with Crippen molar-refractivity contribution in [2.24, 2.45) is 10.9 Å². The summed E-state index contributed by atoms with van der Waals surface area (Å²) in [5.74, 6) is 0.0771. The molecular formula is C18H18ClN3O2. The van der Waals surface area contributed by atoms with E-state index >= 15 is 0 Å². The molecule has 1 heterocycles. The third kappa shape index (κ3) is 3.68. The van der Waals surface area contributed by atoms with Gasteiger partial charge in [0.15, 0.2) is 12.4 Å². The number of rotatable bonds is 4. The van der Waals surface area contributed by atoms with Gasteiger partial charge in [-0.25, -0.2) is 0 Å². The molecule has 3 rings (SSSR count). The van der Waals surface area contributed by atoms with Crippen LogP contribution in [0.3, 0.4) is 0 Å². The van der Waals surface area contributed by atoms with Gasteiger partial charge >= 0.3 is 0 Å². The molecule has 124 valence electrons. The number of carbonyl (C=O) groups excluding carboxylic acids is 1. The van der Waals surface area contributed by atoms with Gasteiger partial charge in [-0.3, -0.25) is 4.79 Å². The van der Waals surface area contributed by atoms with E-state index in [4.69, 9.17) is 22.2 Å². The SMILES string of the molecule is NC(=NOCC(=O)N1CCCc2ccccc21)c1ccc(Cl)cc1. The summed E-state index contributed by atoms with van der Waals surface area (Å²) in [6.45, 7) is 0.540. The average molecular weight is 344 g/mol. The van der Waals surface area contributed by atoms with Crippen LogP contribution in [0.15, 0.2) is 53.7 Å². The molecule has 0 atom stereocenters. The Morgan fingerprint density at radius 1 is 1.21 bits per heavy atom. The molecule has 0 spiro atoms. The van der Waals surface area contributed by atoms with Gasteiger partial charge in [-0.1, -0.05) is 35.0 Å². The fraction of sp³-hybridized carbons (Fsp3) is 0.222. The van der Waals surface area contributed by atoms with Crippen molar-refractivity contribution in [1.82, 2.24) is 0 Å². The van der Waals surface area contributed by atoms with Crippen LogP contribution >= 0.6 is 11.6 Å². The molecule has 0 aliphatic carbocycles. The summed E-state index contributed by atoms with van der Waals surface area (Å²) < 4.78 is 0. The van der Waals surface area contributed by atoms with Crippen molar-refractivity contribution in [3.05, 3.63) is 64.7 Å². The molecule has 0 fully saturated rings. The monoisotopic (exact) mass is 343 g/mol. The van der Waals surface area contributed by atoms with E-state index in [1.54, 1.807) is 29.2 Å². The molecular weight excluding hydrogens is 326 g/mol. The van der Waals surface area contributed by atoms with Gasteiger partial charge in [0.25, 0.3) is 5.91 Å². The molecule has 0 saturated carbocycles. The Morgan fingerprint density at radius 2 is 1.96 bits per heavy atom. The van der Waals surface area contributed by atoms with Gasteiger partial charge < -0.3 is 15.5 Å². The van der Waals surface area contributed by atoms with Crippen LogP contribution in [0.2, 0.25) is 5.02 Å². The largest absolute Gasteiger partial charge is 0.384 e. The number of para-hydroxylation sites is 1. The number of aryl methyl sites for hydroxylation is 1. The van der Waals surface area contributed by atoms with E-state index in [0.29, 0.717) is 17.1 Å². The lowest BCUT2D eigenvalue weighted by atomic mass is 10.0. The summed E-state index contributed by atoms with van der Waals surface area (Å²) >= 11 is 5.83. The van der Waals surface area contributed by atoms with Crippen molar-refractivity contribution >= 4 is 29.0 Å². The molecule has 6 heteroatoms. The zero-order chi connectivity index (χ0) is 16.9. The molecule has 0 aromatic heterocycles. The summed E-state index contributed by atoms with van der Waals surface area (Å²) in [5, 5.41) is 4.44. The maximum atomic E-state index is 12.4. The Kier molecular flexibility index (Phi) is 5.01. The molecule has 5 nitrogen and oxygen atoms in total. The highest BCUT2D eigenvalue weighted by atomic mass is 35.5. The molecule has 1 aliphatic heterocycles. The number of fused-ring (bicyclic) bond motifs is 1. The van der Waals surface area contributed by atoms with Crippen molar-refractivity contribution in [2.45, 2.75) is 12.8 Å². The van der Waals surface area contributed by atoms with Crippen molar-refractivity contribution in [1.29, 1.82) is 0 Å². The quantitative estimate of drug-likeness (QED) is 0.527. The number of amides is 1. The predicted molar refractivity (Wildman–Crippen MR) is 95.2 cm³/mol. The van der Waals surface area contributed by atoms with Crippen molar-refractivity contribution < 1.29 is 9.63 Å². The maximum absolute atomic E-state index is 12.4. The number of benzene rings is 2. The van der Waals surface area contributed by atoms with Gasteiger partial charge in [0.05, 0.1) is 0 Å². The predicted octanol–water partition coefficient (Wildman–Crippen LogP) is 2.96. The van der Waals surface area contributed by atoms with E-state index in [2.05, 4.69) is 5.16 Å². The molecule has 24 heavy (non-hydrogen) atoms. The van der Waals surface area contributed by atoms with E-state index < -0.39 is 0 Å². The number of nitrogens with zero attached hydrogens (tertiary/aromatic N) is 2. The standard InChI is InChI=1S/C18H18ClN3O2/c19-15-9-7-14(8-10-15)18(20)21-24-12-17(23)22-11-3-5-13-4-1-2-6-16(13)22/h1-2,4,6-10H,3,5,11-12H2,(H2,20,21). The smallest absolute Gasteiger partial charge is 0.267 e. The Labute approximate surface area is 145 Å². The van der Waals surface area contributed by atoms with E-state index in [9.17, 15) is 4.79 Å². The molecule has 2 N–H and O–H groups in total. The average Bonchev–Trinajstić information content (AvgIpc) is 2.61. The second kappa shape index (κ2) is 7.36. The highest BCUT2D eigenvalue weighted by molar-refractivity contribution is 6.30. The number of carbonyl (C=O) groups is 1. The zero-order valence-corrected chi connectivity index (χ0v) is 13.9. The second-order valence-electron chi connectivity index (χ2n) is 5.53. The van der Waals surface area contributed by atoms with Crippen molar-refractivity contribution in [2.75, 3.05) is 18.1 Å². The third-order valence-electron chi connectivity index (χ3n) is 3.90. The number of hydrogen-bond donors (Lipinski definition) is 1. The van der Waals surface area contributed by atoms with Gasteiger partial charge in [0.2, 0.25) is 0 Å². The number of oxime groups is 1. The van der Waals surface area contributed by atoms with Crippen LogP contribution in [-0.4, -0.2) is 24.9 Å². The topological polar surface area (TPSA) is 67.9 Å². The molecule has 0 radical (unpaired) electrons. The lowest BCUT2D eigenvalue weighted by Crippen LogP contribution is -2.37. The molecule has 0 bridgehead atoms. The van der Waals surface area contributed by atoms with E-state index in [0.717, 1.165) is 18.5 Å². The minimum Gasteiger partial charge on any atom is -0.384 e. The Bertz CT molecular complexity index is 759. The van der Waals surface area contributed by atoms with Crippen LogP contribution in [0.25, 0.3) is 0 Å². The van der Waals surface area contributed by atoms with E-state index in [1.165, 1.54) is 5.56 Å². The second-order valence-corrected chi connectivity index (χ2v) is 5.97. The van der Waals surface area contributed by atoms with Crippen LogP contribution in [0.4, 0.5) is 5.69 Å². The zero-order valence-electron chi connectivity index (χ0n) is 13.1. The minimum absolute atomic E-state index is 0.130. The summed E-state index contributed by atoms with van der Waals surface area (Å²) in [7, 11) is 0. The van der Waals surface area contributed by atoms with Crippen molar-refractivity contribution in [3.63, 3.8) is 0 Å². The highest BCUT2D eigenvalue weighted by Crippen LogP contribution is 2.26. The van der Waals surface area contributed by atoms with Crippen LogP contribution in [0.1, 0.15) is 17.5 Å². The summed E-state index contributed by atoms with van der Waals surface area (Å²) in [6, 6.07) is 14.8. The van der Waals surface area contributed by atoms with Crippen LogP contribution < -0.4 is 10.6 Å². The van der Waals surface area contributed by atoms with Crippen LogP contribution in [-0.2, 0) is 16.1 Å². The Balaban J connectivity index is 1.62. The van der Waals surface area contributed by atoms with Gasteiger partial charge in [-0.2, -0.15) is 0 Å². The number of anilines is 1. The number of hydrogen-bond acceptors (Lipinski definition) is 3. The minimum atomic E-state index is -0.150. The molecule has 1 amide bonds. The number of nitrogens with two attached hydrogens (primary N) is 1. The van der Waals surface area contributed by atoms with E-state index in [1.807, 2.05) is 24.3 Å². The lowest BCUT2D eigenvalue weighted by Gasteiger charge is -2.28. The van der Waals surface area contributed by atoms with Gasteiger partial charge in [-0.15, -0.1) is 0 Å². The third-order valence-corrected chi connectivity index (χ3v) is 4.15. The Hall–Kier alpha value is -2.53. The number of halogens is 1.